The van der Waals surface area contributed by atoms with Crippen LogP contribution >= 0.6 is 23.2 Å². The molecule has 39 heavy (non-hydrogen) atoms. The Hall–Kier alpha value is -3.69. The molecule has 202 valence electrons. The van der Waals surface area contributed by atoms with Crippen molar-refractivity contribution in [2.45, 2.75) is 50.2 Å². The van der Waals surface area contributed by atoms with E-state index < -0.39 is 46.6 Å². The molecule has 5 rings (SSSR count). The highest BCUT2D eigenvalue weighted by Gasteiger charge is 2.62. The van der Waals surface area contributed by atoms with Gasteiger partial charge in [-0.3, -0.25) is 9.59 Å². The molecule has 8 nitrogen and oxygen atoms in total. The van der Waals surface area contributed by atoms with Crippen molar-refractivity contribution in [3.8, 4) is 5.88 Å². The van der Waals surface area contributed by atoms with Gasteiger partial charge in [-0.15, -0.1) is 0 Å². The number of aryl methyl sites for hydroxylation is 1. The average Bonchev–Trinajstić information content (AvgIpc) is 3.14. The molecule has 1 fully saturated rings. The van der Waals surface area contributed by atoms with E-state index >= 15 is 0 Å². The number of piperidine rings is 1. The summed E-state index contributed by atoms with van der Waals surface area (Å²) in [6.07, 6.45) is 1.11. The van der Waals surface area contributed by atoms with E-state index in [4.69, 9.17) is 27.9 Å². The Morgan fingerprint density at radius 2 is 1.87 bits per heavy atom. The molecule has 0 saturated carbocycles. The summed E-state index contributed by atoms with van der Waals surface area (Å²) in [5, 5.41) is 16.1. The van der Waals surface area contributed by atoms with Gasteiger partial charge in [0.2, 0.25) is 23.3 Å². The maximum Gasteiger partial charge on any atom is 0.347 e. The maximum atomic E-state index is 14.6. The molecule has 0 aliphatic carbocycles. The van der Waals surface area contributed by atoms with Crippen molar-refractivity contribution in [1.29, 1.82) is 0 Å². The van der Waals surface area contributed by atoms with Crippen LogP contribution in [0.25, 0.3) is 0 Å². The molecule has 1 spiro atoms. The molecular weight excluding hydrogens is 548 g/mol. The normalized spacial score (nSPS) is 22.3. The fourth-order valence-electron chi connectivity index (χ4n) is 5.51. The summed E-state index contributed by atoms with van der Waals surface area (Å²) in [6.45, 7) is 4.48. The summed E-state index contributed by atoms with van der Waals surface area (Å²) in [5.41, 5.74) is -0.913. The second-order valence-electron chi connectivity index (χ2n) is 10.2. The summed E-state index contributed by atoms with van der Waals surface area (Å²) in [6, 6.07) is 9.62. The number of benzene rings is 2. The van der Waals surface area contributed by atoms with Crippen LogP contribution in [0.3, 0.4) is 0 Å². The van der Waals surface area contributed by atoms with E-state index in [0.717, 1.165) is 0 Å². The number of carboxylic acid groups (broad SMARTS) is 1. The van der Waals surface area contributed by atoms with Crippen LogP contribution < -0.4 is 15.4 Å². The van der Waals surface area contributed by atoms with E-state index in [1.54, 1.807) is 31.2 Å². The number of rotatable bonds is 5. The van der Waals surface area contributed by atoms with Crippen molar-refractivity contribution < 1.29 is 28.6 Å². The van der Waals surface area contributed by atoms with Gasteiger partial charge in [-0.1, -0.05) is 35.3 Å². The molecule has 11 heteroatoms. The Morgan fingerprint density at radius 3 is 2.59 bits per heavy atom. The first-order valence-electron chi connectivity index (χ1n) is 12.1. The van der Waals surface area contributed by atoms with Gasteiger partial charge in [0.05, 0.1) is 11.1 Å². The predicted molar refractivity (Wildman–Crippen MR) is 143 cm³/mol. The third-order valence-corrected chi connectivity index (χ3v) is 7.83. The number of nitrogens with one attached hydrogen (secondary N) is 2. The summed E-state index contributed by atoms with van der Waals surface area (Å²) >= 11 is 12.6. The maximum absolute atomic E-state index is 14.6. The van der Waals surface area contributed by atoms with Crippen LogP contribution in [0.5, 0.6) is 5.88 Å². The lowest BCUT2D eigenvalue weighted by atomic mass is 9.59. The lowest BCUT2D eigenvalue weighted by molar-refractivity contribution is -0.152. The third-order valence-electron chi connectivity index (χ3n) is 7.39. The third kappa shape index (κ3) is 4.39. The zero-order valence-electron chi connectivity index (χ0n) is 21.1. The number of aliphatic carboxylic acids is 1. The van der Waals surface area contributed by atoms with E-state index in [9.17, 15) is 23.9 Å². The number of halogens is 3. The number of carbonyl (C=O) groups is 3. The molecular formula is C28H24Cl2FN3O5. The number of pyridine rings is 1. The number of aromatic nitrogens is 1. The van der Waals surface area contributed by atoms with E-state index in [1.807, 2.05) is 0 Å². The average molecular weight is 572 g/mol. The second kappa shape index (κ2) is 9.50. The number of ether oxygens (including phenoxy) is 1. The van der Waals surface area contributed by atoms with Gasteiger partial charge in [0, 0.05) is 34.8 Å². The predicted octanol–water partition coefficient (Wildman–Crippen LogP) is 5.31. The van der Waals surface area contributed by atoms with Gasteiger partial charge in [0.25, 0.3) is 0 Å². The number of carboxylic acids is 1. The first-order chi connectivity index (χ1) is 18.3. The monoisotopic (exact) mass is 571 g/mol. The molecule has 0 radical (unpaired) electrons. The Bertz CT molecular complexity index is 1550. The van der Waals surface area contributed by atoms with E-state index in [0.29, 0.717) is 27.4 Å². The number of nitrogens with zero attached hydrogens (tertiary/aromatic N) is 1. The van der Waals surface area contributed by atoms with Crippen LogP contribution in [0.15, 0.2) is 48.7 Å². The molecule has 2 aromatic carbocycles. The van der Waals surface area contributed by atoms with Gasteiger partial charge in [-0.05, 0) is 67.8 Å². The molecule has 0 bridgehead atoms. The molecule has 2 amide bonds. The van der Waals surface area contributed by atoms with Gasteiger partial charge < -0.3 is 20.5 Å². The Morgan fingerprint density at radius 1 is 1.13 bits per heavy atom. The van der Waals surface area contributed by atoms with Crippen molar-refractivity contribution in [3.63, 3.8) is 0 Å². The van der Waals surface area contributed by atoms with E-state index in [1.165, 1.54) is 38.2 Å². The SMILES string of the molecule is Cc1ccc(F)cc1[C@@H]1NC(=O)C[C@H](c2cc(Cl)cnc2OC(C)(C)C(=O)O)C12C(=O)Nc1cc(Cl)ccc12. The summed E-state index contributed by atoms with van der Waals surface area (Å²) in [4.78, 5) is 43.6. The molecule has 1 aromatic heterocycles. The number of carbonyl (C=O) groups excluding carboxylic acids is 2. The van der Waals surface area contributed by atoms with Crippen LogP contribution in [-0.4, -0.2) is 33.5 Å². The van der Waals surface area contributed by atoms with Crippen molar-refractivity contribution >= 4 is 46.7 Å². The molecule has 3 atom stereocenters. The van der Waals surface area contributed by atoms with Crippen LogP contribution in [0.4, 0.5) is 10.1 Å². The van der Waals surface area contributed by atoms with Gasteiger partial charge in [0.1, 0.15) is 11.2 Å². The van der Waals surface area contributed by atoms with Crippen molar-refractivity contribution in [1.82, 2.24) is 10.3 Å². The van der Waals surface area contributed by atoms with Gasteiger partial charge in [-0.2, -0.15) is 0 Å². The highest BCUT2D eigenvalue weighted by molar-refractivity contribution is 6.31. The minimum Gasteiger partial charge on any atom is -0.478 e. The second-order valence-corrected chi connectivity index (χ2v) is 11.1. The van der Waals surface area contributed by atoms with Crippen LogP contribution in [0, 0.1) is 12.7 Å². The first-order valence-corrected chi connectivity index (χ1v) is 12.8. The topological polar surface area (TPSA) is 118 Å². The van der Waals surface area contributed by atoms with Crippen molar-refractivity contribution in [2.75, 3.05) is 5.32 Å². The number of anilines is 1. The van der Waals surface area contributed by atoms with Crippen molar-refractivity contribution in [2.24, 2.45) is 0 Å². The van der Waals surface area contributed by atoms with E-state index in [2.05, 4.69) is 15.6 Å². The largest absolute Gasteiger partial charge is 0.478 e. The fraction of sp³-hybridized carbons (Fsp3) is 0.286. The summed E-state index contributed by atoms with van der Waals surface area (Å²) in [5.74, 6) is -3.66. The number of hydrogen-bond acceptors (Lipinski definition) is 5. The Balaban J connectivity index is 1.82. The van der Waals surface area contributed by atoms with Gasteiger partial charge >= 0.3 is 5.97 Å². The Kier molecular flexibility index (Phi) is 6.55. The minimum atomic E-state index is -1.69. The highest BCUT2D eigenvalue weighted by atomic mass is 35.5. The molecule has 1 saturated heterocycles. The quantitative estimate of drug-likeness (QED) is 0.382. The number of fused-ring (bicyclic) bond motifs is 2. The number of hydrogen-bond donors (Lipinski definition) is 3. The molecule has 2 aliphatic rings. The summed E-state index contributed by atoms with van der Waals surface area (Å²) < 4.78 is 20.4. The van der Waals surface area contributed by atoms with Gasteiger partial charge in [0.15, 0.2) is 0 Å². The minimum absolute atomic E-state index is 0.0872. The summed E-state index contributed by atoms with van der Waals surface area (Å²) in [7, 11) is 0. The van der Waals surface area contributed by atoms with Crippen LogP contribution in [0.1, 0.15) is 54.5 Å². The van der Waals surface area contributed by atoms with Crippen molar-refractivity contribution in [3.05, 3.63) is 86.8 Å². The standard InChI is InChI=1S/C28H24Cl2FN3O5/c1-13-4-6-16(31)10-17(13)23-28(19-7-5-14(29)9-21(19)33-25(28)36)20(11-22(35)34-23)18-8-15(30)12-32-24(18)39-27(2,3)26(37)38/h4-10,12,20,23H,11H2,1-3H3,(H,33,36)(H,34,35)(H,37,38)/t20-,23+,28?/m1/s1. The highest BCUT2D eigenvalue weighted by Crippen LogP contribution is 2.59. The van der Waals surface area contributed by atoms with Gasteiger partial charge in [-0.25, -0.2) is 14.2 Å². The molecule has 3 heterocycles. The lowest BCUT2D eigenvalue weighted by Crippen LogP contribution is -2.57. The van der Waals surface area contributed by atoms with Crippen LogP contribution in [-0.2, 0) is 19.8 Å². The lowest BCUT2D eigenvalue weighted by Gasteiger charge is -2.47. The molecule has 1 unspecified atom stereocenters. The van der Waals surface area contributed by atoms with Crippen LogP contribution in [0.2, 0.25) is 10.0 Å². The zero-order valence-corrected chi connectivity index (χ0v) is 22.7. The Labute approximate surface area is 233 Å². The van der Waals surface area contributed by atoms with E-state index in [-0.39, 0.29) is 22.9 Å². The smallest absolute Gasteiger partial charge is 0.347 e. The fourth-order valence-corrected chi connectivity index (χ4v) is 5.84. The first kappa shape index (κ1) is 26.9. The zero-order chi connectivity index (χ0) is 28.3. The molecule has 3 aromatic rings. The molecule has 3 N–H and O–H groups in total. The number of amides is 2. The molecule has 2 aliphatic heterocycles.